The number of nitrogens with zero attached hydrogens (tertiary/aromatic N) is 1. The van der Waals surface area contributed by atoms with Crippen molar-refractivity contribution in [2.24, 2.45) is 0 Å². The number of carbonyl (C=O) groups is 1. The van der Waals surface area contributed by atoms with E-state index >= 15 is 0 Å². The van der Waals surface area contributed by atoms with E-state index in [0.29, 0.717) is 23.9 Å². The van der Waals surface area contributed by atoms with E-state index in [9.17, 15) is 18.3 Å². The number of hydrogen-bond acceptors (Lipinski definition) is 4. The van der Waals surface area contributed by atoms with Crippen LogP contribution in [0.2, 0.25) is 0 Å². The van der Waals surface area contributed by atoms with Crippen LogP contribution in [-0.4, -0.2) is 48.1 Å². The predicted octanol–water partition coefficient (Wildman–Crippen LogP) is 1.29. The van der Waals surface area contributed by atoms with Crippen LogP contribution in [0.1, 0.15) is 23.2 Å². The van der Waals surface area contributed by atoms with Gasteiger partial charge in [0.05, 0.1) is 17.1 Å². The number of sulfonamides is 1. The molecule has 1 heterocycles. The molecule has 8 heteroatoms. The Morgan fingerprint density at radius 2 is 2.15 bits per heavy atom. The van der Waals surface area contributed by atoms with Gasteiger partial charge in [0.2, 0.25) is 10.0 Å². The lowest BCUT2D eigenvalue weighted by Gasteiger charge is -2.23. The van der Waals surface area contributed by atoms with Crippen molar-refractivity contribution in [2.75, 3.05) is 13.2 Å². The van der Waals surface area contributed by atoms with Crippen LogP contribution in [0.3, 0.4) is 0 Å². The second-order valence-corrected chi connectivity index (χ2v) is 7.26. The van der Waals surface area contributed by atoms with Crippen molar-refractivity contribution in [3.05, 3.63) is 28.2 Å². The normalized spacial score (nSPS) is 20.2. The fourth-order valence-electron chi connectivity index (χ4n) is 2.27. The first kappa shape index (κ1) is 15.4. The van der Waals surface area contributed by atoms with E-state index in [0.717, 1.165) is 6.07 Å². The largest absolute Gasteiger partial charge is 0.478 e. The second kappa shape index (κ2) is 5.80. The zero-order valence-corrected chi connectivity index (χ0v) is 12.9. The van der Waals surface area contributed by atoms with Crippen LogP contribution in [0.5, 0.6) is 0 Å². The Morgan fingerprint density at radius 1 is 1.45 bits per heavy atom. The zero-order chi connectivity index (χ0) is 14.9. The molecule has 0 aromatic heterocycles. The number of benzene rings is 1. The van der Waals surface area contributed by atoms with Crippen LogP contribution >= 0.6 is 15.9 Å². The van der Waals surface area contributed by atoms with E-state index in [2.05, 4.69) is 15.9 Å². The SMILES string of the molecule is O=C(O)c1ccc(Br)c(S(=O)(=O)N2CCCC2CO)c1. The summed E-state index contributed by atoms with van der Waals surface area (Å²) in [4.78, 5) is 10.9. The van der Waals surface area contributed by atoms with Gasteiger partial charge in [-0.15, -0.1) is 0 Å². The molecule has 0 amide bonds. The molecule has 1 aliphatic heterocycles. The van der Waals surface area contributed by atoms with Gasteiger partial charge >= 0.3 is 5.97 Å². The highest BCUT2D eigenvalue weighted by atomic mass is 79.9. The number of hydrogen-bond donors (Lipinski definition) is 2. The Kier molecular flexibility index (Phi) is 4.48. The molecule has 6 nitrogen and oxygen atoms in total. The number of aliphatic hydroxyl groups excluding tert-OH is 1. The number of aromatic carboxylic acids is 1. The zero-order valence-electron chi connectivity index (χ0n) is 10.5. The van der Waals surface area contributed by atoms with Gasteiger partial charge in [-0.25, -0.2) is 13.2 Å². The molecule has 2 rings (SSSR count). The molecule has 0 aliphatic carbocycles. The number of carboxylic acid groups (broad SMARTS) is 1. The quantitative estimate of drug-likeness (QED) is 0.840. The van der Waals surface area contributed by atoms with Crippen LogP contribution in [-0.2, 0) is 10.0 Å². The average molecular weight is 364 g/mol. The summed E-state index contributed by atoms with van der Waals surface area (Å²) < 4.78 is 26.7. The molecule has 0 radical (unpaired) electrons. The van der Waals surface area contributed by atoms with Crippen LogP contribution < -0.4 is 0 Å². The number of halogens is 1. The summed E-state index contributed by atoms with van der Waals surface area (Å²) >= 11 is 3.14. The standard InChI is InChI=1S/C12H14BrNO5S/c13-10-4-3-8(12(16)17)6-11(10)20(18,19)14-5-1-2-9(14)7-15/h3-4,6,9,15H,1-2,5,7H2,(H,16,17). The Balaban J connectivity index is 2.48. The lowest BCUT2D eigenvalue weighted by atomic mass is 10.2. The molecule has 1 aromatic carbocycles. The molecule has 110 valence electrons. The number of rotatable bonds is 4. The second-order valence-electron chi connectivity index (χ2n) is 4.54. The van der Waals surface area contributed by atoms with E-state index in [-0.39, 0.29) is 17.1 Å². The summed E-state index contributed by atoms with van der Waals surface area (Å²) in [6, 6.07) is 3.42. The van der Waals surface area contributed by atoms with Crippen LogP contribution in [0, 0.1) is 0 Å². The molecule has 1 aromatic rings. The molecular weight excluding hydrogens is 350 g/mol. The highest BCUT2D eigenvalue weighted by Crippen LogP contribution is 2.30. The van der Waals surface area contributed by atoms with Crippen molar-refractivity contribution in [3.8, 4) is 0 Å². The molecule has 0 bridgehead atoms. The van der Waals surface area contributed by atoms with Crippen molar-refractivity contribution >= 4 is 31.9 Å². The van der Waals surface area contributed by atoms with Crippen molar-refractivity contribution in [2.45, 2.75) is 23.8 Å². The van der Waals surface area contributed by atoms with Gasteiger partial charge in [-0.1, -0.05) is 0 Å². The topological polar surface area (TPSA) is 94.9 Å². The molecule has 1 aliphatic rings. The van der Waals surface area contributed by atoms with Crippen molar-refractivity contribution < 1.29 is 23.4 Å². The highest BCUT2D eigenvalue weighted by Gasteiger charge is 2.36. The van der Waals surface area contributed by atoms with Crippen LogP contribution in [0.4, 0.5) is 0 Å². The number of carboxylic acids is 1. The van der Waals surface area contributed by atoms with E-state index in [1.165, 1.54) is 16.4 Å². The molecular formula is C12H14BrNO5S. The van der Waals surface area contributed by atoms with Gasteiger partial charge < -0.3 is 10.2 Å². The van der Waals surface area contributed by atoms with Gasteiger partial charge in [-0.05, 0) is 47.0 Å². The molecule has 0 spiro atoms. The maximum atomic E-state index is 12.6. The summed E-state index contributed by atoms with van der Waals surface area (Å²) in [5.41, 5.74) is -0.0912. The smallest absolute Gasteiger partial charge is 0.335 e. The molecule has 1 saturated heterocycles. The minimum atomic E-state index is -3.82. The van der Waals surface area contributed by atoms with Gasteiger partial charge in [0.25, 0.3) is 0 Å². The van der Waals surface area contributed by atoms with Gasteiger partial charge in [0, 0.05) is 17.1 Å². The first-order valence-corrected chi connectivity index (χ1v) is 8.26. The monoisotopic (exact) mass is 363 g/mol. The van der Waals surface area contributed by atoms with Gasteiger partial charge in [0.1, 0.15) is 0 Å². The summed E-state index contributed by atoms with van der Waals surface area (Å²) in [5, 5.41) is 18.2. The van der Waals surface area contributed by atoms with Gasteiger partial charge in [0.15, 0.2) is 0 Å². The minimum absolute atomic E-state index is 0.0854. The third-order valence-corrected chi connectivity index (χ3v) is 6.24. The first-order valence-electron chi connectivity index (χ1n) is 6.03. The molecule has 1 atom stereocenters. The Morgan fingerprint density at radius 3 is 2.75 bits per heavy atom. The number of aliphatic hydroxyl groups is 1. The maximum Gasteiger partial charge on any atom is 0.335 e. The van der Waals surface area contributed by atoms with Gasteiger partial charge in [-0.2, -0.15) is 4.31 Å². The van der Waals surface area contributed by atoms with Crippen molar-refractivity contribution in [1.82, 2.24) is 4.31 Å². The van der Waals surface area contributed by atoms with Crippen LogP contribution in [0.25, 0.3) is 0 Å². The lowest BCUT2D eigenvalue weighted by molar-refractivity contribution is 0.0696. The summed E-state index contributed by atoms with van der Waals surface area (Å²) in [5.74, 6) is -1.19. The maximum absolute atomic E-state index is 12.6. The Labute approximate surface area is 125 Å². The summed E-state index contributed by atoms with van der Waals surface area (Å²) in [6.45, 7) is 0.0900. The minimum Gasteiger partial charge on any atom is -0.478 e. The Hall–Kier alpha value is -0.960. The van der Waals surface area contributed by atoms with E-state index in [1.54, 1.807) is 0 Å². The third-order valence-electron chi connectivity index (χ3n) is 3.30. The lowest BCUT2D eigenvalue weighted by Crippen LogP contribution is -2.37. The highest BCUT2D eigenvalue weighted by molar-refractivity contribution is 9.10. The molecule has 1 unspecified atom stereocenters. The van der Waals surface area contributed by atoms with E-state index < -0.39 is 22.0 Å². The summed E-state index contributed by atoms with van der Waals surface area (Å²) in [6.07, 6.45) is 1.28. The fraction of sp³-hybridized carbons (Fsp3) is 0.417. The Bertz CT molecular complexity index is 631. The van der Waals surface area contributed by atoms with Gasteiger partial charge in [-0.3, -0.25) is 0 Å². The van der Waals surface area contributed by atoms with Crippen molar-refractivity contribution in [1.29, 1.82) is 0 Å². The average Bonchev–Trinajstić information content (AvgIpc) is 2.87. The van der Waals surface area contributed by atoms with Crippen molar-refractivity contribution in [3.63, 3.8) is 0 Å². The third kappa shape index (κ3) is 2.73. The molecule has 20 heavy (non-hydrogen) atoms. The summed E-state index contributed by atoms with van der Waals surface area (Å²) in [7, 11) is -3.82. The molecule has 1 fully saturated rings. The molecule has 0 saturated carbocycles. The fourth-order valence-corrected chi connectivity index (χ4v) is 4.91. The predicted molar refractivity (Wildman–Crippen MR) is 75.1 cm³/mol. The van der Waals surface area contributed by atoms with E-state index in [1.807, 2.05) is 0 Å². The van der Waals surface area contributed by atoms with E-state index in [4.69, 9.17) is 5.11 Å². The first-order chi connectivity index (χ1) is 9.37. The van der Waals surface area contributed by atoms with Crippen LogP contribution in [0.15, 0.2) is 27.6 Å². The molecule has 2 N–H and O–H groups in total.